The average Bonchev–Trinajstić information content (AvgIpc) is 2.98. The van der Waals surface area contributed by atoms with Gasteiger partial charge in [-0.3, -0.25) is 4.79 Å². The fourth-order valence-corrected chi connectivity index (χ4v) is 5.31. The van der Waals surface area contributed by atoms with Crippen molar-refractivity contribution >= 4 is 5.91 Å². The molecule has 0 radical (unpaired) electrons. The van der Waals surface area contributed by atoms with E-state index in [2.05, 4.69) is 17.4 Å². The topological polar surface area (TPSA) is 75.2 Å². The van der Waals surface area contributed by atoms with E-state index in [0.717, 1.165) is 17.5 Å². The van der Waals surface area contributed by atoms with Gasteiger partial charge in [-0.25, -0.2) is 0 Å². The van der Waals surface area contributed by atoms with E-state index in [1.165, 1.54) is 5.56 Å². The van der Waals surface area contributed by atoms with Crippen LogP contribution in [0.25, 0.3) is 0 Å². The first kappa shape index (κ1) is 28.5. The standard InChI is InChI=1S/C33H39NO6/c1-22(19-25-13-7-4-8-14-25)34-31(35)24(3)38-29-23(2)32(36-20-26-15-9-5-10-16-26)39-28-21-37-33(40-30(28)29)27-17-11-6-12-18-27/h4-18,22-24,28-30,32-33H,19-21H2,1-3H3,(H,34,35)/t22-,23-,24-,28?,29?,30+,32-,33?/m0/s1. The van der Waals surface area contributed by atoms with Gasteiger partial charge in [-0.05, 0) is 31.4 Å². The van der Waals surface area contributed by atoms with Crippen LogP contribution in [0, 0.1) is 5.92 Å². The molecule has 8 atom stereocenters. The fourth-order valence-electron chi connectivity index (χ4n) is 5.31. The molecule has 0 aliphatic carbocycles. The summed E-state index contributed by atoms with van der Waals surface area (Å²) in [6, 6.07) is 29.9. The van der Waals surface area contributed by atoms with E-state index in [1.54, 1.807) is 6.92 Å². The zero-order valence-corrected chi connectivity index (χ0v) is 23.3. The van der Waals surface area contributed by atoms with Crippen molar-refractivity contribution in [2.24, 2.45) is 5.92 Å². The van der Waals surface area contributed by atoms with Crippen molar-refractivity contribution in [3.63, 3.8) is 0 Å². The number of carbonyl (C=O) groups is 1. The molecule has 2 fully saturated rings. The van der Waals surface area contributed by atoms with Crippen molar-refractivity contribution in [1.29, 1.82) is 0 Å². The number of nitrogens with one attached hydrogen (secondary N) is 1. The van der Waals surface area contributed by atoms with Gasteiger partial charge in [-0.2, -0.15) is 0 Å². The molecule has 0 saturated carbocycles. The molecule has 0 aromatic heterocycles. The Morgan fingerprint density at radius 1 is 0.900 bits per heavy atom. The molecule has 2 saturated heterocycles. The largest absolute Gasteiger partial charge is 0.362 e. The van der Waals surface area contributed by atoms with Crippen LogP contribution in [-0.2, 0) is 41.5 Å². The van der Waals surface area contributed by atoms with E-state index in [-0.39, 0.29) is 17.9 Å². The van der Waals surface area contributed by atoms with E-state index in [0.29, 0.717) is 13.2 Å². The van der Waals surface area contributed by atoms with Gasteiger partial charge < -0.3 is 29.0 Å². The highest BCUT2D eigenvalue weighted by molar-refractivity contribution is 5.80. The van der Waals surface area contributed by atoms with Crippen LogP contribution in [0.5, 0.6) is 0 Å². The molecule has 7 heteroatoms. The van der Waals surface area contributed by atoms with Crippen LogP contribution in [-0.4, -0.2) is 49.3 Å². The van der Waals surface area contributed by atoms with E-state index < -0.39 is 37.0 Å². The van der Waals surface area contributed by atoms with Crippen molar-refractivity contribution < 1.29 is 28.5 Å². The first-order valence-corrected chi connectivity index (χ1v) is 14.1. The highest BCUT2D eigenvalue weighted by Crippen LogP contribution is 2.38. The van der Waals surface area contributed by atoms with Gasteiger partial charge in [0.25, 0.3) is 0 Å². The average molecular weight is 546 g/mol. The molecule has 1 N–H and O–H groups in total. The maximum absolute atomic E-state index is 13.2. The molecular formula is C33H39NO6. The van der Waals surface area contributed by atoms with Crippen LogP contribution in [0.4, 0.5) is 0 Å². The molecule has 0 bridgehead atoms. The third-order valence-electron chi connectivity index (χ3n) is 7.47. The molecule has 3 unspecified atom stereocenters. The Bertz CT molecular complexity index is 1190. The van der Waals surface area contributed by atoms with Crippen molar-refractivity contribution in [3.05, 3.63) is 108 Å². The minimum atomic E-state index is -0.694. The molecule has 2 aliphatic rings. The van der Waals surface area contributed by atoms with Crippen LogP contribution in [0.1, 0.15) is 43.8 Å². The van der Waals surface area contributed by atoms with Crippen molar-refractivity contribution in [2.75, 3.05) is 6.61 Å². The fraction of sp³-hybridized carbons (Fsp3) is 0.424. The van der Waals surface area contributed by atoms with E-state index >= 15 is 0 Å². The zero-order chi connectivity index (χ0) is 27.9. The number of hydrogen-bond acceptors (Lipinski definition) is 6. The predicted molar refractivity (Wildman–Crippen MR) is 151 cm³/mol. The Morgan fingerprint density at radius 2 is 1.52 bits per heavy atom. The predicted octanol–water partition coefficient (Wildman–Crippen LogP) is 5.20. The summed E-state index contributed by atoms with van der Waals surface area (Å²) in [7, 11) is 0. The van der Waals surface area contributed by atoms with Gasteiger partial charge in [0.1, 0.15) is 18.3 Å². The van der Waals surface area contributed by atoms with Gasteiger partial charge in [-0.1, -0.05) is 97.9 Å². The van der Waals surface area contributed by atoms with Gasteiger partial charge in [-0.15, -0.1) is 0 Å². The van der Waals surface area contributed by atoms with Gasteiger partial charge >= 0.3 is 0 Å². The van der Waals surface area contributed by atoms with Crippen molar-refractivity contribution in [1.82, 2.24) is 5.32 Å². The third kappa shape index (κ3) is 7.16. The van der Waals surface area contributed by atoms with Gasteiger partial charge in [0.2, 0.25) is 5.91 Å². The van der Waals surface area contributed by atoms with E-state index in [9.17, 15) is 4.79 Å². The Kier molecular flexibility index (Phi) is 9.62. The summed E-state index contributed by atoms with van der Waals surface area (Å²) < 4.78 is 31.6. The maximum Gasteiger partial charge on any atom is 0.249 e. The summed E-state index contributed by atoms with van der Waals surface area (Å²) >= 11 is 0. The lowest BCUT2D eigenvalue weighted by atomic mass is 9.91. The summed E-state index contributed by atoms with van der Waals surface area (Å²) in [5.74, 6) is -0.358. The molecular weight excluding hydrogens is 506 g/mol. The van der Waals surface area contributed by atoms with Crippen LogP contribution in [0.15, 0.2) is 91.0 Å². The summed E-state index contributed by atoms with van der Waals surface area (Å²) in [5, 5.41) is 3.11. The van der Waals surface area contributed by atoms with Gasteiger partial charge in [0, 0.05) is 17.5 Å². The number of benzene rings is 3. The van der Waals surface area contributed by atoms with E-state index in [4.69, 9.17) is 23.7 Å². The summed E-state index contributed by atoms with van der Waals surface area (Å²) in [6.07, 6.45) is -2.30. The molecule has 0 spiro atoms. The SMILES string of the molecule is C[C@H](OC1[C@@H]2OC(c3ccccc3)OCC2O[C@H](OCc2ccccc2)[C@H]1C)C(=O)N[C@@H](C)Cc1ccccc1. The number of rotatable bonds is 10. The van der Waals surface area contributed by atoms with Crippen LogP contribution in [0.3, 0.4) is 0 Å². The van der Waals surface area contributed by atoms with Gasteiger partial charge in [0.15, 0.2) is 12.6 Å². The lowest BCUT2D eigenvalue weighted by Gasteiger charge is -2.49. The molecule has 1 amide bonds. The maximum atomic E-state index is 13.2. The van der Waals surface area contributed by atoms with Crippen molar-refractivity contribution in [3.8, 4) is 0 Å². The normalized spacial score (nSPS) is 27.8. The third-order valence-corrected chi connectivity index (χ3v) is 7.47. The number of carbonyl (C=O) groups excluding carboxylic acids is 1. The monoisotopic (exact) mass is 545 g/mol. The highest BCUT2D eigenvalue weighted by Gasteiger charge is 2.50. The Balaban J connectivity index is 1.28. The Labute approximate surface area is 236 Å². The first-order valence-electron chi connectivity index (χ1n) is 14.1. The van der Waals surface area contributed by atoms with Gasteiger partial charge in [0.05, 0.1) is 19.3 Å². The smallest absolute Gasteiger partial charge is 0.249 e. The summed E-state index contributed by atoms with van der Waals surface area (Å²) in [6.45, 7) is 6.55. The number of fused-ring (bicyclic) bond motifs is 1. The molecule has 40 heavy (non-hydrogen) atoms. The molecule has 5 rings (SSSR count). The second-order valence-electron chi connectivity index (χ2n) is 10.7. The van der Waals surface area contributed by atoms with Crippen molar-refractivity contribution in [2.45, 2.75) is 76.8 Å². The molecule has 3 aromatic carbocycles. The molecule has 212 valence electrons. The zero-order valence-electron chi connectivity index (χ0n) is 23.3. The highest BCUT2D eigenvalue weighted by atomic mass is 16.7. The minimum absolute atomic E-state index is 0.0374. The molecule has 3 aromatic rings. The molecule has 2 heterocycles. The lowest BCUT2D eigenvalue weighted by Crippen LogP contribution is -2.61. The quantitative estimate of drug-likeness (QED) is 0.378. The minimum Gasteiger partial charge on any atom is -0.362 e. The Morgan fingerprint density at radius 3 is 2.20 bits per heavy atom. The summed E-state index contributed by atoms with van der Waals surface area (Å²) in [5.41, 5.74) is 3.15. The van der Waals surface area contributed by atoms with E-state index in [1.807, 2.05) is 92.7 Å². The second-order valence-corrected chi connectivity index (χ2v) is 10.7. The lowest BCUT2D eigenvalue weighted by molar-refractivity contribution is -0.359. The molecule has 7 nitrogen and oxygen atoms in total. The second kappa shape index (κ2) is 13.5. The van der Waals surface area contributed by atoms with Crippen LogP contribution in [0.2, 0.25) is 0 Å². The van der Waals surface area contributed by atoms with Crippen LogP contribution >= 0.6 is 0 Å². The Hall–Kier alpha value is -3.07. The number of amides is 1. The summed E-state index contributed by atoms with van der Waals surface area (Å²) in [4.78, 5) is 13.2. The number of ether oxygens (including phenoxy) is 5. The van der Waals surface area contributed by atoms with Crippen LogP contribution < -0.4 is 5.32 Å². The molecule has 2 aliphatic heterocycles. The first-order chi connectivity index (χ1) is 19.5. The number of hydrogen-bond donors (Lipinski definition) is 1.